The Hall–Kier alpha value is -2.55. The van der Waals surface area contributed by atoms with Crippen LogP contribution in [-0.2, 0) is 19.1 Å². The van der Waals surface area contributed by atoms with E-state index < -0.39 is 23.1 Å². The van der Waals surface area contributed by atoms with Crippen LogP contribution >= 0.6 is 0 Å². The van der Waals surface area contributed by atoms with Crippen LogP contribution in [0.3, 0.4) is 0 Å². The lowest BCUT2D eigenvalue weighted by Crippen LogP contribution is -2.27. The summed E-state index contributed by atoms with van der Waals surface area (Å²) in [6, 6.07) is 1.81. The van der Waals surface area contributed by atoms with E-state index in [0.717, 1.165) is 0 Å². The lowest BCUT2D eigenvalue weighted by Gasteiger charge is -2.22. The van der Waals surface area contributed by atoms with Crippen LogP contribution in [-0.4, -0.2) is 23.1 Å². The maximum absolute atomic E-state index is 12.1. The molecule has 0 unspecified atom stereocenters. The van der Waals surface area contributed by atoms with Crippen molar-refractivity contribution in [3.05, 3.63) is 35.2 Å². The summed E-state index contributed by atoms with van der Waals surface area (Å²) in [4.78, 5) is 24.2. The van der Waals surface area contributed by atoms with E-state index in [4.69, 9.17) is 9.47 Å². The van der Waals surface area contributed by atoms with Crippen molar-refractivity contribution in [3.8, 4) is 6.07 Å². The normalized spacial score (nSPS) is 16.7. The number of rotatable bonds is 2. The van der Waals surface area contributed by atoms with Crippen LogP contribution in [0.4, 0.5) is 0 Å². The van der Waals surface area contributed by atoms with Gasteiger partial charge in [0.1, 0.15) is 17.3 Å². The van der Waals surface area contributed by atoms with Gasteiger partial charge in [0.15, 0.2) is 5.57 Å². The molecule has 1 aliphatic rings. The molecule has 0 bridgehead atoms. The quantitative estimate of drug-likeness (QED) is 0.478. The van der Waals surface area contributed by atoms with Crippen molar-refractivity contribution in [2.75, 3.05) is 0 Å². The second-order valence-electron chi connectivity index (χ2n) is 6.98. The topological polar surface area (TPSA) is 88.4 Å². The van der Waals surface area contributed by atoms with Gasteiger partial charge >= 0.3 is 11.9 Å². The number of dihydropyridines is 1. The minimum absolute atomic E-state index is 0.199. The van der Waals surface area contributed by atoms with Crippen LogP contribution in [0.25, 0.3) is 0 Å². The van der Waals surface area contributed by atoms with Gasteiger partial charge in [-0.05, 0) is 53.7 Å². The molecular formula is C17H22N2O4. The SMILES string of the molecule is CC(C)(C)OC(=O)C1=CC(=C(C#N)C(=O)OC(C)(C)C)NC=C1. The van der Waals surface area contributed by atoms with Crippen molar-refractivity contribution < 1.29 is 19.1 Å². The van der Waals surface area contributed by atoms with E-state index in [-0.39, 0.29) is 16.8 Å². The molecule has 0 spiro atoms. The second-order valence-corrected chi connectivity index (χ2v) is 6.98. The van der Waals surface area contributed by atoms with E-state index in [1.807, 2.05) is 6.07 Å². The molecular weight excluding hydrogens is 296 g/mol. The van der Waals surface area contributed by atoms with Crippen LogP contribution in [0.5, 0.6) is 0 Å². The third-order valence-corrected chi connectivity index (χ3v) is 2.42. The van der Waals surface area contributed by atoms with Gasteiger partial charge in [0.2, 0.25) is 0 Å². The fourth-order valence-electron chi connectivity index (χ4n) is 1.62. The standard InChI is InChI=1S/C17H22N2O4/c1-16(2,3)22-14(20)11-7-8-19-13(9-11)12(10-18)15(21)23-17(4,5)6/h7-9,19H,1-6H3. The van der Waals surface area contributed by atoms with Gasteiger partial charge in [0.25, 0.3) is 0 Å². The van der Waals surface area contributed by atoms with E-state index in [1.165, 1.54) is 18.4 Å². The highest BCUT2D eigenvalue weighted by atomic mass is 16.6. The summed E-state index contributed by atoms with van der Waals surface area (Å²) in [5, 5.41) is 12.0. The average Bonchev–Trinajstić information content (AvgIpc) is 2.35. The first-order chi connectivity index (χ1) is 10.4. The molecule has 0 aliphatic carbocycles. The van der Waals surface area contributed by atoms with Crippen molar-refractivity contribution in [1.29, 1.82) is 5.26 Å². The molecule has 1 N–H and O–H groups in total. The highest BCUT2D eigenvalue weighted by Crippen LogP contribution is 2.19. The first kappa shape index (κ1) is 18.5. The maximum Gasteiger partial charge on any atom is 0.351 e. The number of hydrogen-bond donors (Lipinski definition) is 1. The van der Waals surface area contributed by atoms with Gasteiger partial charge in [0, 0.05) is 6.20 Å². The Balaban J connectivity index is 3.11. The van der Waals surface area contributed by atoms with Gasteiger partial charge in [-0.15, -0.1) is 0 Å². The van der Waals surface area contributed by atoms with Crippen LogP contribution < -0.4 is 5.32 Å². The number of hydrogen-bond acceptors (Lipinski definition) is 6. The Kier molecular flexibility index (Phi) is 5.38. The summed E-state index contributed by atoms with van der Waals surface area (Å²) in [5.74, 6) is -1.29. The van der Waals surface area contributed by atoms with E-state index >= 15 is 0 Å². The molecule has 6 heteroatoms. The minimum Gasteiger partial charge on any atom is -0.456 e. The number of carbonyl (C=O) groups excluding carboxylic acids is 2. The van der Waals surface area contributed by atoms with Crippen LogP contribution in [0, 0.1) is 11.3 Å². The Labute approximate surface area is 136 Å². The lowest BCUT2D eigenvalue weighted by atomic mass is 10.1. The number of esters is 2. The van der Waals surface area contributed by atoms with Gasteiger partial charge in [-0.3, -0.25) is 0 Å². The zero-order valence-corrected chi connectivity index (χ0v) is 14.3. The summed E-state index contributed by atoms with van der Waals surface area (Å²) < 4.78 is 10.5. The molecule has 0 aromatic rings. The van der Waals surface area contributed by atoms with E-state index in [1.54, 1.807) is 41.5 Å². The maximum atomic E-state index is 12.1. The molecule has 0 aromatic heterocycles. The van der Waals surface area contributed by atoms with Gasteiger partial charge < -0.3 is 14.8 Å². The number of ether oxygens (including phenoxy) is 2. The summed E-state index contributed by atoms with van der Waals surface area (Å²) in [6.07, 6.45) is 4.38. The molecule has 1 aliphatic heterocycles. The summed E-state index contributed by atoms with van der Waals surface area (Å²) in [5.41, 5.74) is -1.12. The smallest absolute Gasteiger partial charge is 0.351 e. The van der Waals surface area contributed by atoms with Crippen molar-refractivity contribution in [1.82, 2.24) is 5.32 Å². The Morgan fingerprint density at radius 3 is 2.13 bits per heavy atom. The van der Waals surface area contributed by atoms with Gasteiger partial charge in [-0.2, -0.15) is 5.26 Å². The van der Waals surface area contributed by atoms with Crippen molar-refractivity contribution >= 4 is 11.9 Å². The predicted octanol–water partition coefficient (Wildman–Crippen LogP) is 2.49. The lowest BCUT2D eigenvalue weighted by molar-refractivity contribution is -0.150. The minimum atomic E-state index is -0.752. The predicted molar refractivity (Wildman–Crippen MR) is 84.7 cm³/mol. The highest BCUT2D eigenvalue weighted by Gasteiger charge is 2.25. The summed E-state index contributed by atoms with van der Waals surface area (Å²) in [7, 11) is 0. The molecule has 1 rings (SSSR count). The molecule has 1 heterocycles. The van der Waals surface area contributed by atoms with Crippen molar-refractivity contribution in [2.45, 2.75) is 52.7 Å². The van der Waals surface area contributed by atoms with Gasteiger partial charge in [-0.25, -0.2) is 9.59 Å². The molecule has 0 saturated heterocycles. The zero-order chi connectivity index (χ0) is 17.8. The van der Waals surface area contributed by atoms with Crippen LogP contribution in [0.1, 0.15) is 41.5 Å². The van der Waals surface area contributed by atoms with E-state index in [2.05, 4.69) is 5.32 Å². The third-order valence-electron chi connectivity index (χ3n) is 2.42. The number of allylic oxidation sites excluding steroid dienone is 1. The Morgan fingerprint density at radius 2 is 1.65 bits per heavy atom. The second kappa shape index (κ2) is 6.69. The molecule has 0 fully saturated rings. The summed E-state index contributed by atoms with van der Waals surface area (Å²) >= 11 is 0. The fourth-order valence-corrected chi connectivity index (χ4v) is 1.62. The molecule has 0 amide bonds. The van der Waals surface area contributed by atoms with Crippen molar-refractivity contribution in [3.63, 3.8) is 0 Å². The molecule has 0 aromatic carbocycles. The number of nitriles is 1. The molecule has 0 atom stereocenters. The Morgan fingerprint density at radius 1 is 1.09 bits per heavy atom. The molecule has 0 radical (unpaired) electrons. The molecule has 124 valence electrons. The van der Waals surface area contributed by atoms with Crippen LogP contribution in [0.2, 0.25) is 0 Å². The zero-order valence-electron chi connectivity index (χ0n) is 14.3. The third kappa shape index (κ3) is 5.99. The average molecular weight is 318 g/mol. The fraction of sp³-hybridized carbons (Fsp3) is 0.471. The van der Waals surface area contributed by atoms with Crippen LogP contribution in [0.15, 0.2) is 35.2 Å². The molecule has 0 saturated carbocycles. The van der Waals surface area contributed by atoms with Gasteiger partial charge in [-0.1, -0.05) is 0 Å². The first-order valence-corrected chi connectivity index (χ1v) is 7.19. The van der Waals surface area contributed by atoms with E-state index in [9.17, 15) is 14.9 Å². The van der Waals surface area contributed by atoms with Gasteiger partial charge in [0.05, 0.1) is 11.3 Å². The summed E-state index contributed by atoms with van der Waals surface area (Å²) in [6.45, 7) is 10.4. The monoisotopic (exact) mass is 318 g/mol. The number of nitrogens with one attached hydrogen (secondary N) is 1. The van der Waals surface area contributed by atoms with Crippen molar-refractivity contribution in [2.24, 2.45) is 0 Å². The Bertz CT molecular complexity index is 635. The highest BCUT2D eigenvalue weighted by molar-refractivity contribution is 5.97. The number of carbonyl (C=O) groups is 2. The largest absolute Gasteiger partial charge is 0.456 e. The molecule has 23 heavy (non-hydrogen) atoms. The van der Waals surface area contributed by atoms with E-state index in [0.29, 0.717) is 0 Å². The first-order valence-electron chi connectivity index (χ1n) is 7.19. The molecule has 6 nitrogen and oxygen atoms in total. The number of nitrogens with zero attached hydrogens (tertiary/aromatic N) is 1.